The number of anilines is 2. The van der Waals surface area contributed by atoms with Gasteiger partial charge in [-0.2, -0.15) is 0 Å². The molecule has 210 valence electrons. The van der Waals surface area contributed by atoms with Crippen LogP contribution >= 0.6 is 11.6 Å². The third-order valence-corrected chi connectivity index (χ3v) is 7.19. The van der Waals surface area contributed by atoms with Crippen molar-refractivity contribution in [3.63, 3.8) is 0 Å². The van der Waals surface area contributed by atoms with Gasteiger partial charge < -0.3 is 25.0 Å². The molecular weight excluding hydrogens is 528 g/mol. The summed E-state index contributed by atoms with van der Waals surface area (Å²) in [6.45, 7) is 2.40. The van der Waals surface area contributed by atoms with Gasteiger partial charge in [0.2, 0.25) is 0 Å². The molecule has 0 saturated heterocycles. The quantitative estimate of drug-likeness (QED) is 0.148. The van der Waals surface area contributed by atoms with Crippen molar-refractivity contribution < 1.29 is 19.4 Å². The van der Waals surface area contributed by atoms with Crippen LogP contribution in [0.5, 0.6) is 5.75 Å². The number of carboxylic acids is 1. The Balaban J connectivity index is 1.36. The van der Waals surface area contributed by atoms with Gasteiger partial charge in [0.25, 0.3) is 5.91 Å². The number of carboxylic acid groups (broad SMARTS) is 1. The van der Waals surface area contributed by atoms with Gasteiger partial charge in [0.05, 0.1) is 28.6 Å². The number of halogens is 1. The molecule has 4 rings (SSSR count). The predicted molar refractivity (Wildman–Crippen MR) is 161 cm³/mol. The van der Waals surface area contributed by atoms with E-state index < -0.39 is 5.97 Å². The highest BCUT2D eigenvalue weighted by molar-refractivity contribution is 6.33. The highest BCUT2D eigenvalue weighted by Crippen LogP contribution is 2.31. The van der Waals surface area contributed by atoms with Crippen LogP contribution in [0.3, 0.4) is 0 Å². The number of nitrogens with one attached hydrogen (secondary N) is 2. The third kappa shape index (κ3) is 7.33. The average Bonchev–Trinajstić information content (AvgIpc) is 3.37. The Morgan fingerprint density at radius 3 is 2.65 bits per heavy atom. The minimum absolute atomic E-state index is 0.266. The number of carbonyl (C=O) groups is 2. The van der Waals surface area contributed by atoms with E-state index in [1.165, 1.54) is 0 Å². The lowest BCUT2D eigenvalue weighted by atomic mass is 9.99. The summed E-state index contributed by atoms with van der Waals surface area (Å²) in [6.07, 6.45) is 3.89. The molecule has 0 aliphatic carbocycles. The summed E-state index contributed by atoms with van der Waals surface area (Å²) in [4.78, 5) is 34.2. The molecule has 3 aromatic carbocycles. The van der Waals surface area contributed by atoms with Gasteiger partial charge in [-0.25, -0.2) is 4.98 Å². The van der Waals surface area contributed by atoms with E-state index in [4.69, 9.17) is 21.4 Å². The Bertz CT molecular complexity index is 1480. The SMILES string of the molecule is CCC(CCCCCOc1cccc(C(=O)Nc2ccc(Cl)c(-c3nc4ccc(N(C)C)cc4[nH]3)c2)c1)C(=O)O. The number of aromatic nitrogens is 2. The molecule has 0 fully saturated rings. The summed E-state index contributed by atoms with van der Waals surface area (Å²) in [5.41, 5.74) is 4.54. The van der Waals surface area contributed by atoms with Crippen LogP contribution in [0.15, 0.2) is 60.7 Å². The van der Waals surface area contributed by atoms with Crippen molar-refractivity contribution in [3.8, 4) is 17.1 Å². The number of nitrogens with zero attached hydrogens (tertiary/aromatic N) is 2. The smallest absolute Gasteiger partial charge is 0.306 e. The zero-order valence-electron chi connectivity index (χ0n) is 23.0. The minimum Gasteiger partial charge on any atom is -0.494 e. The highest BCUT2D eigenvalue weighted by atomic mass is 35.5. The van der Waals surface area contributed by atoms with E-state index in [1.54, 1.807) is 36.4 Å². The van der Waals surface area contributed by atoms with E-state index >= 15 is 0 Å². The Morgan fingerprint density at radius 2 is 1.90 bits per heavy atom. The molecule has 1 heterocycles. The van der Waals surface area contributed by atoms with Crippen molar-refractivity contribution in [2.24, 2.45) is 5.92 Å². The van der Waals surface area contributed by atoms with Crippen LogP contribution in [-0.2, 0) is 4.79 Å². The molecule has 3 N–H and O–H groups in total. The van der Waals surface area contributed by atoms with Gasteiger partial charge in [-0.15, -0.1) is 0 Å². The van der Waals surface area contributed by atoms with Crippen LogP contribution in [-0.4, -0.2) is 47.7 Å². The number of unbranched alkanes of at least 4 members (excludes halogenated alkanes) is 2. The van der Waals surface area contributed by atoms with Crippen molar-refractivity contribution in [2.75, 3.05) is 30.9 Å². The van der Waals surface area contributed by atoms with Gasteiger partial charge in [0.1, 0.15) is 11.6 Å². The van der Waals surface area contributed by atoms with E-state index in [0.717, 1.165) is 36.0 Å². The van der Waals surface area contributed by atoms with Crippen LogP contribution in [0.2, 0.25) is 5.02 Å². The predicted octanol–water partition coefficient (Wildman–Crippen LogP) is 7.25. The second-order valence-corrected chi connectivity index (χ2v) is 10.4. The zero-order valence-corrected chi connectivity index (χ0v) is 23.8. The normalized spacial score (nSPS) is 11.8. The molecule has 1 aromatic heterocycles. The average molecular weight is 563 g/mol. The Kier molecular flexibility index (Phi) is 9.66. The molecule has 0 aliphatic heterocycles. The molecule has 1 amide bonds. The summed E-state index contributed by atoms with van der Waals surface area (Å²) >= 11 is 6.51. The topological polar surface area (TPSA) is 108 Å². The number of aromatic amines is 1. The number of H-pyrrole nitrogens is 1. The van der Waals surface area contributed by atoms with Crippen LogP contribution in [0, 0.1) is 5.92 Å². The molecule has 0 aliphatic rings. The van der Waals surface area contributed by atoms with Gasteiger partial charge in [-0.3, -0.25) is 9.59 Å². The highest BCUT2D eigenvalue weighted by Gasteiger charge is 2.15. The first-order valence-corrected chi connectivity index (χ1v) is 13.9. The number of benzene rings is 3. The Hall–Kier alpha value is -4.04. The van der Waals surface area contributed by atoms with Crippen molar-refractivity contribution in [3.05, 3.63) is 71.2 Å². The minimum atomic E-state index is -0.725. The van der Waals surface area contributed by atoms with Gasteiger partial charge in [0.15, 0.2) is 0 Å². The van der Waals surface area contributed by atoms with E-state index in [9.17, 15) is 9.59 Å². The fraction of sp³-hybridized carbons (Fsp3) is 0.323. The molecule has 8 nitrogen and oxygen atoms in total. The van der Waals surface area contributed by atoms with Crippen molar-refractivity contribution >= 4 is 45.9 Å². The number of rotatable bonds is 13. The summed E-state index contributed by atoms with van der Waals surface area (Å²) < 4.78 is 5.84. The number of imidazole rings is 1. The van der Waals surface area contributed by atoms with Crippen molar-refractivity contribution in [1.82, 2.24) is 9.97 Å². The van der Waals surface area contributed by atoms with E-state index in [-0.39, 0.29) is 11.8 Å². The third-order valence-electron chi connectivity index (χ3n) is 6.87. The van der Waals surface area contributed by atoms with Crippen LogP contribution in [0.1, 0.15) is 49.4 Å². The molecule has 40 heavy (non-hydrogen) atoms. The monoisotopic (exact) mass is 562 g/mol. The first-order chi connectivity index (χ1) is 19.2. The standard InChI is InChI=1S/C31H35ClN4O4/c1-4-20(31(38)39)9-6-5-7-16-40-24-11-8-10-21(17-24)30(37)33-22-12-14-26(32)25(18-22)29-34-27-15-13-23(36(2)3)19-28(27)35-29/h8,10-15,17-20H,4-7,9,16H2,1-3H3,(H,33,37)(H,34,35)(H,38,39). The maximum Gasteiger partial charge on any atom is 0.306 e. The van der Waals surface area contributed by atoms with Gasteiger partial charge in [-0.05, 0) is 73.9 Å². The summed E-state index contributed by atoms with van der Waals surface area (Å²) in [6, 6.07) is 18.3. The zero-order chi connectivity index (χ0) is 28.6. The second kappa shape index (κ2) is 13.3. The van der Waals surface area contributed by atoms with E-state index in [2.05, 4.69) is 15.3 Å². The second-order valence-electron chi connectivity index (χ2n) is 10.00. The number of amides is 1. The lowest BCUT2D eigenvalue weighted by Gasteiger charge is -2.11. The maximum absolute atomic E-state index is 13.0. The van der Waals surface area contributed by atoms with Gasteiger partial charge in [0, 0.05) is 36.6 Å². The molecular formula is C31H35ClN4O4. The molecule has 0 bridgehead atoms. The lowest BCUT2D eigenvalue weighted by molar-refractivity contribution is -0.142. The molecule has 0 saturated carbocycles. The lowest BCUT2D eigenvalue weighted by Crippen LogP contribution is -2.12. The van der Waals surface area contributed by atoms with Crippen molar-refractivity contribution in [2.45, 2.75) is 39.0 Å². The van der Waals surface area contributed by atoms with Crippen LogP contribution < -0.4 is 15.0 Å². The van der Waals surface area contributed by atoms with Gasteiger partial charge in [-0.1, -0.05) is 37.4 Å². The summed E-state index contributed by atoms with van der Waals surface area (Å²) in [5, 5.41) is 12.6. The largest absolute Gasteiger partial charge is 0.494 e. The summed E-state index contributed by atoms with van der Waals surface area (Å²) in [5.74, 6) is -0.0330. The number of carbonyl (C=O) groups excluding carboxylic acids is 1. The number of ether oxygens (including phenoxy) is 1. The van der Waals surface area contributed by atoms with E-state index in [1.807, 2.05) is 50.2 Å². The Labute approximate surface area is 239 Å². The fourth-order valence-corrected chi connectivity index (χ4v) is 4.69. The molecule has 1 atom stereocenters. The number of aliphatic carboxylic acids is 1. The first kappa shape index (κ1) is 29.0. The molecule has 4 aromatic rings. The summed E-state index contributed by atoms with van der Waals surface area (Å²) in [7, 11) is 3.97. The fourth-order valence-electron chi connectivity index (χ4n) is 4.48. The number of hydrogen-bond acceptors (Lipinski definition) is 5. The molecule has 0 spiro atoms. The molecule has 0 radical (unpaired) electrons. The van der Waals surface area contributed by atoms with Crippen molar-refractivity contribution in [1.29, 1.82) is 0 Å². The number of hydrogen-bond donors (Lipinski definition) is 3. The van der Waals surface area contributed by atoms with E-state index in [0.29, 0.717) is 52.9 Å². The molecule has 1 unspecified atom stereocenters. The first-order valence-electron chi connectivity index (χ1n) is 13.5. The number of fused-ring (bicyclic) bond motifs is 1. The maximum atomic E-state index is 13.0. The Morgan fingerprint density at radius 1 is 1.07 bits per heavy atom. The van der Waals surface area contributed by atoms with Crippen LogP contribution in [0.4, 0.5) is 11.4 Å². The molecule has 9 heteroatoms. The van der Waals surface area contributed by atoms with Gasteiger partial charge >= 0.3 is 5.97 Å². The van der Waals surface area contributed by atoms with Crippen LogP contribution in [0.25, 0.3) is 22.4 Å².